The summed E-state index contributed by atoms with van der Waals surface area (Å²) in [6.07, 6.45) is 0. The third-order valence-electron chi connectivity index (χ3n) is 1.81. The van der Waals surface area contributed by atoms with Crippen LogP contribution in [0, 0.1) is 0 Å². The van der Waals surface area contributed by atoms with Crippen molar-refractivity contribution in [3.05, 3.63) is 28.2 Å². The maximum absolute atomic E-state index is 11.6. The van der Waals surface area contributed by atoms with E-state index in [-0.39, 0.29) is 5.91 Å². The number of hydrogen-bond donors (Lipinski definition) is 1. The lowest BCUT2D eigenvalue weighted by Crippen LogP contribution is -2.26. The highest BCUT2D eigenvalue weighted by molar-refractivity contribution is 9.10. The summed E-state index contributed by atoms with van der Waals surface area (Å²) in [6.45, 7) is 0. The molecule has 0 unspecified atom stereocenters. The molecule has 0 atom stereocenters. The SMILES string of the molecule is CON(C)C(=O)c1cc(Br)ccc1N. The number of hydrogen-bond acceptors (Lipinski definition) is 3. The maximum atomic E-state index is 11.6. The van der Waals surface area contributed by atoms with Crippen molar-refractivity contribution in [1.82, 2.24) is 5.06 Å². The topological polar surface area (TPSA) is 55.6 Å². The molecule has 0 aliphatic heterocycles. The van der Waals surface area contributed by atoms with E-state index >= 15 is 0 Å². The molecule has 0 bridgehead atoms. The molecule has 5 heteroatoms. The van der Waals surface area contributed by atoms with E-state index in [1.54, 1.807) is 18.2 Å². The fraction of sp³-hybridized carbons (Fsp3) is 0.222. The zero-order valence-corrected chi connectivity index (χ0v) is 9.54. The first-order chi connectivity index (χ1) is 6.56. The van der Waals surface area contributed by atoms with Crippen LogP contribution in [-0.4, -0.2) is 25.1 Å². The first kappa shape index (κ1) is 11.0. The zero-order valence-electron chi connectivity index (χ0n) is 7.95. The van der Waals surface area contributed by atoms with Crippen molar-refractivity contribution in [3.63, 3.8) is 0 Å². The Morgan fingerprint density at radius 2 is 2.21 bits per heavy atom. The minimum Gasteiger partial charge on any atom is -0.398 e. The molecule has 76 valence electrons. The van der Waals surface area contributed by atoms with Gasteiger partial charge in [0.25, 0.3) is 5.91 Å². The van der Waals surface area contributed by atoms with Gasteiger partial charge >= 0.3 is 0 Å². The third-order valence-corrected chi connectivity index (χ3v) is 2.30. The highest BCUT2D eigenvalue weighted by atomic mass is 79.9. The second-order valence-electron chi connectivity index (χ2n) is 2.72. The van der Waals surface area contributed by atoms with Crippen molar-refractivity contribution >= 4 is 27.5 Å². The number of benzene rings is 1. The van der Waals surface area contributed by atoms with E-state index < -0.39 is 0 Å². The summed E-state index contributed by atoms with van der Waals surface area (Å²) in [5.74, 6) is -0.272. The molecule has 2 N–H and O–H groups in total. The number of carbonyl (C=O) groups is 1. The minimum absolute atomic E-state index is 0.272. The summed E-state index contributed by atoms with van der Waals surface area (Å²) in [5, 5.41) is 1.12. The van der Waals surface area contributed by atoms with Gasteiger partial charge in [-0.05, 0) is 18.2 Å². The van der Waals surface area contributed by atoms with Crippen LogP contribution in [0.2, 0.25) is 0 Å². The van der Waals surface area contributed by atoms with Gasteiger partial charge < -0.3 is 5.73 Å². The van der Waals surface area contributed by atoms with Gasteiger partial charge in [0.15, 0.2) is 0 Å². The summed E-state index contributed by atoms with van der Waals surface area (Å²) in [7, 11) is 2.95. The van der Waals surface area contributed by atoms with Crippen molar-refractivity contribution in [2.45, 2.75) is 0 Å². The van der Waals surface area contributed by atoms with Crippen LogP contribution in [-0.2, 0) is 4.84 Å². The van der Waals surface area contributed by atoms with Gasteiger partial charge in [-0.15, -0.1) is 0 Å². The first-order valence-electron chi connectivity index (χ1n) is 3.93. The largest absolute Gasteiger partial charge is 0.398 e. The lowest BCUT2D eigenvalue weighted by molar-refractivity contribution is -0.0756. The number of rotatable bonds is 2. The van der Waals surface area contributed by atoms with Gasteiger partial charge in [0, 0.05) is 17.2 Å². The second kappa shape index (κ2) is 4.43. The lowest BCUT2D eigenvalue weighted by atomic mass is 10.2. The molecule has 0 spiro atoms. The number of halogens is 1. The molecule has 0 radical (unpaired) electrons. The van der Waals surface area contributed by atoms with E-state index in [0.717, 1.165) is 9.54 Å². The molecule has 0 aliphatic rings. The standard InChI is InChI=1S/C9H11BrN2O2/c1-12(14-2)9(13)7-5-6(10)3-4-8(7)11/h3-5H,11H2,1-2H3. The molecule has 1 amide bonds. The fourth-order valence-electron chi connectivity index (χ4n) is 0.966. The fourth-order valence-corrected chi connectivity index (χ4v) is 1.33. The highest BCUT2D eigenvalue weighted by Crippen LogP contribution is 2.19. The summed E-state index contributed by atoms with van der Waals surface area (Å²) in [6, 6.07) is 5.10. The van der Waals surface area contributed by atoms with E-state index in [1.807, 2.05) is 0 Å². The number of anilines is 1. The van der Waals surface area contributed by atoms with E-state index in [2.05, 4.69) is 15.9 Å². The molecule has 0 aliphatic carbocycles. The molecule has 0 fully saturated rings. The van der Waals surface area contributed by atoms with Crippen LogP contribution >= 0.6 is 15.9 Å². The van der Waals surface area contributed by atoms with Crippen molar-refractivity contribution < 1.29 is 9.63 Å². The van der Waals surface area contributed by atoms with Crippen LogP contribution in [0.3, 0.4) is 0 Å². The quantitative estimate of drug-likeness (QED) is 0.649. The smallest absolute Gasteiger partial charge is 0.279 e. The summed E-state index contributed by atoms with van der Waals surface area (Å²) in [4.78, 5) is 16.4. The molecule has 4 nitrogen and oxygen atoms in total. The Morgan fingerprint density at radius 3 is 2.79 bits per heavy atom. The van der Waals surface area contributed by atoms with E-state index in [0.29, 0.717) is 11.3 Å². The van der Waals surface area contributed by atoms with Crippen LogP contribution in [0.5, 0.6) is 0 Å². The van der Waals surface area contributed by atoms with Gasteiger partial charge in [-0.25, -0.2) is 5.06 Å². The number of amides is 1. The molecular weight excluding hydrogens is 248 g/mol. The molecule has 0 aromatic heterocycles. The summed E-state index contributed by atoms with van der Waals surface area (Å²) >= 11 is 3.27. The van der Waals surface area contributed by atoms with Gasteiger partial charge in [-0.3, -0.25) is 9.63 Å². The predicted octanol–water partition coefficient (Wildman–Crippen LogP) is 1.66. The maximum Gasteiger partial charge on any atom is 0.279 e. The predicted molar refractivity (Wildman–Crippen MR) is 57.7 cm³/mol. The highest BCUT2D eigenvalue weighted by Gasteiger charge is 2.14. The number of nitrogens with two attached hydrogens (primary N) is 1. The number of carbonyl (C=O) groups excluding carboxylic acids is 1. The molecule has 1 rings (SSSR count). The van der Waals surface area contributed by atoms with Crippen molar-refractivity contribution in [3.8, 4) is 0 Å². The average Bonchev–Trinajstić information content (AvgIpc) is 2.19. The average molecular weight is 259 g/mol. The Kier molecular flexibility index (Phi) is 3.49. The van der Waals surface area contributed by atoms with Gasteiger partial charge in [-0.2, -0.15) is 0 Å². The molecule has 14 heavy (non-hydrogen) atoms. The Morgan fingerprint density at radius 1 is 1.57 bits per heavy atom. The number of nitrogen functional groups attached to an aromatic ring is 1. The normalized spacial score (nSPS) is 9.93. The van der Waals surface area contributed by atoms with Crippen LogP contribution in [0.4, 0.5) is 5.69 Å². The molecule has 0 heterocycles. The third kappa shape index (κ3) is 2.24. The van der Waals surface area contributed by atoms with Crippen LogP contribution in [0.1, 0.15) is 10.4 Å². The number of hydroxylamine groups is 2. The Hall–Kier alpha value is -1.07. The summed E-state index contributed by atoms with van der Waals surface area (Å²) < 4.78 is 0.805. The van der Waals surface area contributed by atoms with E-state index in [1.165, 1.54) is 14.2 Å². The van der Waals surface area contributed by atoms with Gasteiger partial charge in [-0.1, -0.05) is 15.9 Å². The first-order valence-corrected chi connectivity index (χ1v) is 4.72. The van der Waals surface area contributed by atoms with Crippen molar-refractivity contribution in [2.75, 3.05) is 19.9 Å². The molecule has 1 aromatic rings. The molecule has 0 saturated heterocycles. The second-order valence-corrected chi connectivity index (χ2v) is 3.63. The Bertz CT molecular complexity index is 355. The van der Waals surface area contributed by atoms with Crippen molar-refractivity contribution in [2.24, 2.45) is 0 Å². The van der Waals surface area contributed by atoms with Crippen LogP contribution < -0.4 is 5.73 Å². The Labute approximate surface area is 90.7 Å². The monoisotopic (exact) mass is 258 g/mol. The van der Waals surface area contributed by atoms with Crippen LogP contribution in [0.15, 0.2) is 22.7 Å². The van der Waals surface area contributed by atoms with Gasteiger partial charge in [0.1, 0.15) is 0 Å². The van der Waals surface area contributed by atoms with Gasteiger partial charge in [0.2, 0.25) is 0 Å². The van der Waals surface area contributed by atoms with Crippen LogP contribution in [0.25, 0.3) is 0 Å². The lowest BCUT2D eigenvalue weighted by Gasteiger charge is -2.14. The number of nitrogens with zero attached hydrogens (tertiary/aromatic N) is 1. The molecular formula is C9H11BrN2O2. The molecule has 1 aromatic carbocycles. The molecule has 0 saturated carbocycles. The zero-order chi connectivity index (χ0) is 10.7. The van der Waals surface area contributed by atoms with E-state index in [4.69, 9.17) is 10.6 Å². The van der Waals surface area contributed by atoms with Gasteiger partial charge in [0.05, 0.1) is 12.7 Å². The summed E-state index contributed by atoms with van der Waals surface area (Å²) in [5.41, 5.74) is 6.51. The Balaban J connectivity index is 3.06. The van der Waals surface area contributed by atoms with E-state index in [9.17, 15) is 4.79 Å². The van der Waals surface area contributed by atoms with Crippen molar-refractivity contribution in [1.29, 1.82) is 0 Å². The minimum atomic E-state index is -0.272.